The van der Waals surface area contributed by atoms with E-state index in [-0.39, 0.29) is 0 Å². The first-order chi connectivity index (χ1) is 8.25. The van der Waals surface area contributed by atoms with Gasteiger partial charge in [-0.25, -0.2) is 0 Å². The lowest BCUT2D eigenvalue weighted by molar-refractivity contribution is 0.494. The van der Waals surface area contributed by atoms with E-state index in [1.165, 1.54) is 19.3 Å². The van der Waals surface area contributed by atoms with Gasteiger partial charge in [0, 0.05) is 24.8 Å². The van der Waals surface area contributed by atoms with E-state index in [0.717, 1.165) is 36.2 Å². The molecule has 1 aromatic heterocycles. The van der Waals surface area contributed by atoms with E-state index in [1.807, 2.05) is 12.3 Å². The van der Waals surface area contributed by atoms with Gasteiger partial charge in [0.25, 0.3) is 0 Å². The van der Waals surface area contributed by atoms with Crippen LogP contribution in [-0.2, 0) is 0 Å². The van der Waals surface area contributed by atoms with Crippen LogP contribution in [0.15, 0.2) is 18.5 Å². The van der Waals surface area contributed by atoms with Crippen LogP contribution in [0.2, 0.25) is 0 Å². The number of hydrogen-bond donors (Lipinski definition) is 1. The predicted octanol–water partition coefficient (Wildman–Crippen LogP) is 1.95. The summed E-state index contributed by atoms with van der Waals surface area (Å²) in [5.41, 5.74) is 7.86. The summed E-state index contributed by atoms with van der Waals surface area (Å²) in [6.07, 6.45) is 7.82. The number of nitrogens with zero attached hydrogens (tertiary/aromatic N) is 2. The van der Waals surface area contributed by atoms with Gasteiger partial charge in [-0.15, -0.1) is 0 Å². The number of pyridine rings is 1. The quantitative estimate of drug-likeness (QED) is 0.811. The lowest BCUT2D eigenvalue weighted by Crippen LogP contribution is -2.24. The monoisotopic (exact) mass is 247 g/mol. The van der Waals surface area contributed by atoms with Gasteiger partial charge in [-0.05, 0) is 30.7 Å². The minimum atomic E-state index is 0.472. The van der Waals surface area contributed by atoms with Gasteiger partial charge in [0.2, 0.25) is 0 Å². The van der Waals surface area contributed by atoms with Crippen LogP contribution in [0.3, 0.4) is 0 Å². The van der Waals surface area contributed by atoms with Gasteiger partial charge in [0.1, 0.15) is 4.99 Å². The van der Waals surface area contributed by atoms with Crippen molar-refractivity contribution in [1.29, 1.82) is 0 Å². The summed E-state index contributed by atoms with van der Waals surface area (Å²) in [5, 5.41) is 0. The summed E-state index contributed by atoms with van der Waals surface area (Å²) in [4.78, 5) is 7.09. The van der Waals surface area contributed by atoms with Gasteiger partial charge < -0.3 is 10.6 Å². The van der Waals surface area contributed by atoms with Crippen molar-refractivity contribution < 1.29 is 0 Å². The molecule has 4 heteroatoms. The molecule has 17 heavy (non-hydrogen) atoms. The Labute approximate surface area is 107 Å². The number of nitrogens with two attached hydrogens (primary N) is 1. The molecule has 2 N–H and O–H groups in total. The van der Waals surface area contributed by atoms with Gasteiger partial charge in [-0.1, -0.05) is 18.6 Å². The zero-order valence-electron chi connectivity index (χ0n) is 9.80. The van der Waals surface area contributed by atoms with Gasteiger partial charge in [-0.2, -0.15) is 0 Å². The van der Waals surface area contributed by atoms with E-state index < -0.39 is 0 Å². The van der Waals surface area contributed by atoms with Gasteiger partial charge in [0.15, 0.2) is 0 Å². The molecule has 1 aliphatic heterocycles. The highest BCUT2D eigenvalue weighted by atomic mass is 32.1. The van der Waals surface area contributed by atoms with Crippen LogP contribution in [0.4, 0.5) is 5.69 Å². The van der Waals surface area contributed by atoms with Crippen molar-refractivity contribution in [3.05, 3.63) is 24.0 Å². The molecule has 1 aromatic rings. The second kappa shape index (κ2) is 4.26. The summed E-state index contributed by atoms with van der Waals surface area (Å²) in [6.45, 7) is 2.29. The smallest absolute Gasteiger partial charge is 0.106 e. The molecule has 2 aliphatic rings. The van der Waals surface area contributed by atoms with Crippen LogP contribution >= 0.6 is 12.2 Å². The fourth-order valence-corrected chi connectivity index (χ4v) is 3.45. The van der Waals surface area contributed by atoms with Crippen LogP contribution in [0.25, 0.3) is 0 Å². The van der Waals surface area contributed by atoms with E-state index in [0.29, 0.717) is 4.99 Å². The third-order valence-electron chi connectivity index (χ3n) is 4.13. The average Bonchev–Trinajstić information content (AvgIpc) is 2.88. The molecular weight excluding hydrogens is 230 g/mol. The Morgan fingerprint density at radius 2 is 2.06 bits per heavy atom. The molecule has 2 fully saturated rings. The number of rotatable bonds is 2. The molecule has 1 saturated heterocycles. The highest BCUT2D eigenvalue weighted by Gasteiger charge is 2.36. The number of fused-ring (bicyclic) bond motifs is 1. The Kier molecular flexibility index (Phi) is 2.74. The van der Waals surface area contributed by atoms with Gasteiger partial charge in [0.05, 0.1) is 11.9 Å². The Morgan fingerprint density at radius 3 is 2.71 bits per heavy atom. The maximum Gasteiger partial charge on any atom is 0.106 e. The third-order valence-corrected chi connectivity index (χ3v) is 4.35. The molecule has 0 radical (unpaired) electrons. The Hall–Kier alpha value is -1.16. The molecule has 0 aromatic carbocycles. The maximum absolute atomic E-state index is 5.77. The summed E-state index contributed by atoms with van der Waals surface area (Å²) in [7, 11) is 0. The summed E-state index contributed by atoms with van der Waals surface area (Å²) < 4.78 is 0. The van der Waals surface area contributed by atoms with Crippen LogP contribution in [0, 0.1) is 11.8 Å². The number of anilines is 1. The maximum atomic E-state index is 5.77. The molecule has 0 amide bonds. The van der Waals surface area contributed by atoms with Crippen molar-refractivity contribution in [1.82, 2.24) is 4.98 Å². The predicted molar refractivity (Wildman–Crippen MR) is 73.2 cm³/mol. The van der Waals surface area contributed by atoms with E-state index in [1.54, 1.807) is 6.20 Å². The van der Waals surface area contributed by atoms with Crippen LogP contribution in [0.5, 0.6) is 0 Å². The Balaban J connectivity index is 1.88. The van der Waals surface area contributed by atoms with E-state index in [2.05, 4.69) is 9.88 Å². The number of hydrogen-bond acceptors (Lipinski definition) is 3. The molecule has 90 valence electrons. The molecule has 0 bridgehead atoms. The van der Waals surface area contributed by atoms with E-state index in [9.17, 15) is 0 Å². The van der Waals surface area contributed by atoms with Crippen LogP contribution in [0.1, 0.15) is 24.8 Å². The zero-order valence-corrected chi connectivity index (χ0v) is 10.6. The van der Waals surface area contributed by atoms with Crippen molar-refractivity contribution in [3.63, 3.8) is 0 Å². The lowest BCUT2D eigenvalue weighted by Gasteiger charge is -2.21. The van der Waals surface area contributed by atoms with E-state index in [4.69, 9.17) is 18.0 Å². The normalized spacial score (nSPS) is 27.2. The van der Waals surface area contributed by atoms with Crippen molar-refractivity contribution in [2.45, 2.75) is 19.3 Å². The molecule has 3 rings (SSSR count). The Bertz CT molecular complexity index is 434. The molecule has 3 nitrogen and oxygen atoms in total. The van der Waals surface area contributed by atoms with Gasteiger partial charge >= 0.3 is 0 Å². The number of aromatic nitrogens is 1. The standard InChI is InChI=1S/C13H17N3S/c14-13(17)11-4-5-15-6-12(11)16-7-9-2-1-3-10(9)8-16/h4-6,9-10H,1-3,7-8H2,(H2,14,17). The average molecular weight is 247 g/mol. The van der Waals surface area contributed by atoms with Crippen molar-refractivity contribution in [2.75, 3.05) is 18.0 Å². The second-order valence-corrected chi connectivity index (χ2v) is 5.55. The van der Waals surface area contributed by atoms with Crippen LogP contribution < -0.4 is 10.6 Å². The molecular formula is C13H17N3S. The SMILES string of the molecule is NC(=S)c1ccncc1N1CC2CCCC2C1. The van der Waals surface area contributed by atoms with Crippen molar-refractivity contribution in [3.8, 4) is 0 Å². The highest BCUT2D eigenvalue weighted by molar-refractivity contribution is 7.80. The molecule has 0 spiro atoms. The largest absolute Gasteiger partial charge is 0.389 e. The fraction of sp³-hybridized carbons (Fsp3) is 0.538. The first kappa shape index (κ1) is 11.0. The second-order valence-electron chi connectivity index (χ2n) is 5.11. The summed E-state index contributed by atoms with van der Waals surface area (Å²) in [6, 6.07) is 1.92. The van der Waals surface area contributed by atoms with E-state index >= 15 is 0 Å². The number of thiocarbonyl (C=S) groups is 1. The zero-order chi connectivity index (χ0) is 11.8. The summed E-state index contributed by atoms with van der Waals surface area (Å²) in [5.74, 6) is 1.74. The minimum Gasteiger partial charge on any atom is -0.389 e. The third kappa shape index (κ3) is 1.90. The summed E-state index contributed by atoms with van der Waals surface area (Å²) >= 11 is 5.11. The highest BCUT2D eigenvalue weighted by Crippen LogP contribution is 2.40. The first-order valence-electron chi connectivity index (χ1n) is 6.24. The fourth-order valence-electron chi connectivity index (χ4n) is 3.28. The first-order valence-corrected chi connectivity index (χ1v) is 6.65. The molecule has 1 aliphatic carbocycles. The van der Waals surface area contributed by atoms with Crippen molar-refractivity contribution in [2.24, 2.45) is 17.6 Å². The lowest BCUT2D eigenvalue weighted by atomic mass is 10.0. The molecule has 1 saturated carbocycles. The van der Waals surface area contributed by atoms with Gasteiger partial charge in [-0.3, -0.25) is 4.98 Å². The Morgan fingerprint density at radius 1 is 1.35 bits per heavy atom. The molecule has 2 atom stereocenters. The van der Waals surface area contributed by atoms with Crippen LogP contribution in [-0.4, -0.2) is 23.1 Å². The topological polar surface area (TPSA) is 42.1 Å². The minimum absolute atomic E-state index is 0.472. The van der Waals surface area contributed by atoms with Crippen molar-refractivity contribution >= 4 is 22.9 Å². The molecule has 2 unspecified atom stereocenters. The molecule has 2 heterocycles.